The minimum Gasteiger partial charge on any atom is -0.385 e. The Kier molecular flexibility index (Phi) is 7.96. The minimum atomic E-state index is -0.109. The van der Waals surface area contributed by atoms with Gasteiger partial charge >= 0.3 is 0 Å². The number of aryl methyl sites for hydroxylation is 1. The molecule has 3 heterocycles. The van der Waals surface area contributed by atoms with E-state index < -0.39 is 0 Å². The topological polar surface area (TPSA) is 49.9 Å². The molecule has 3 aromatic rings. The summed E-state index contributed by atoms with van der Waals surface area (Å²) >= 11 is 3.33. The lowest BCUT2D eigenvalue weighted by Crippen LogP contribution is -2.47. The van der Waals surface area contributed by atoms with Crippen molar-refractivity contribution in [3.8, 4) is 0 Å². The van der Waals surface area contributed by atoms with Crippen molar-refractivity contribution < 1.29 is 14.3 Å². The van der Waals surface area contributed by atoms with Gasteiger partial charge < -0.3 is 14.5 Å². The van der Waals surface area contributed by atoms with Crippen LogP contribution in [0.5, 0.6) is 0 Å². The van der Waals surface area contributed by atoms with E-state index in [0.29, 0.717) is 32.5 Å². The summed E-state index contributed by atoms with van der Waals surface area (Å²) in [7, 11) is 1.65. The van der Waals surface area contributed by atoms with Gasteiger partial charge in [0.05, 0.1) is 19.0 Å². The first-order valence-electron chi connectivity index (χ1n) is 11.3. The zero-order valence-corrected chi connectivity index (χ0v) is 20.8. The summed E-state index contributed by atoms with van der Waals surface area (Å²) in [6.45, 7) is 3.92. The van der Waals surface area contributed by atoms with E-state index in [1.165, 1.54) is 16.0 Å². The molecule has 174 valence electrons. The van der Waals surface area contributed by atoms with Crippen LogP contribution in [0, 0.1) is 6.92 Å². The fraction of sp³-hybridized carbons (Fsp3) is 0.385. The van der Waals surface area contributed by atoms with Crippen molar-refractivity contribution in [1.29, 1.82) is 0 Å². The second-order valence-electron chi connectivity index (χ2n) is 8.31. The Morgan fingerprint density at radius 2 is 1.94 bits per heavy atom. The normalized spacial score (nSPS) is 15.3. The van der Waals surface area contributed by atoms with Crippen molar-refractivity contribution in [1.82, 2.24) is 9.80 Å². The molecule has 5 nitrogen and oxygen atoms in total. The zero-order valence-electron chi connectivity index (χ0n) is 19.2. The predicted octanol–water partition coefficient (Wildman–Crippen LogP) is 4.70. The first-order chi connectivity index (χ1) is 16.1. The molecule has 2 aromatic heterocycles. The summed E-state index contributed by atoms with van der Waals surface area (Å²) < 4.78 is 5.19. The van der Waals surface area contributed by atoms with E-state index in [1.54, 1.807) is 34.7 Å². The Hall–Kier alpha value is -2.48. The second-order valence-corrected chi connectivity index (χ2v) is 10.3. The van der Waals surface area contributed by atoms with E-state index in [2.05, 4.69) is 30.5 Å². The van der Waals surface area contributed by atoms with Crippen molar-refractivity contribution in [3.05, 3.63) is 79.7 Å². The van der Waals surface area contributed by atoms with Gasteiger partial charge in [-0.2, -0.15) is 0 Å². The zero-order chi connectivity index (χ0) is 23.2. The van der Waals surface area contributed by atoms with Gasteiger partial charge in [-0.15, -0.1) is 22.7 Å². The van der Waals surface area contributed by atoms with Crippen LogP contribution in [0.1, 0.15) is 38.9 Å². The van der Waals surface area contributed by atoms with Gasteiger partial charge in [0, 0.05) is 36.6 Å². The summed E-state index contributed by atoms with van der Waals surface area (Å²) in [6, 6.07) is 14.2. The van der Waals surface area contributed by atoms with Crippen LogP contribution in [-0.4, -0.2) is 55.0 Å². The molecule has 4 rings (SSSR count). The van der Waals surface area contributed by atoms with Gasteiger partial charge in [0.1, 0.15) is 0 Å². The molecule has 0 aliphatic carbocycles. The molecular formula is C26H30N2O3S2. The van der Waals surface area contributed by atoms with E-state index >= 15 is 0 Å². The number of hydrogen-bond donors (Lipinski definition) is 0. The Morgan fingerprint density at radius 3 is 2.70 bits per heavy atom. The highest BCUT2D eigenvalue weighted by Crippen LogP contribution is 2.39. The largest absolute Gasteiger partial charge is 0.385 e. The maximum Gasteiger partial charge on any atom is 0.242 e. The number of fused-ring (bicyclic) bond motifs is 1. The fourth-order valence-corrected chi connectivity index (χ4v) is 6.03. The number of benzene rings is 1. The Labute approximate surface area is 203 Å². The summed E-state index contributed by atoms with van der Waals surface area (Å²) in [6.07, 6.45) is 1.89. The smallest absolute Gasteiger partial charge is 0.242 e. The molecule has 1 aliphatic heterocycles. The quantitative estimate of drug-likeness (QED) is 0.416. The van der Waals surface area contributed by atoms with Crippen LogP contribution in [0.3, 0.4) is 0 Å². The number of ether oxygens (including phenoxy) is 1. The summed E-state index contributed by atoms with van der Waals surface area (Å²) in [5, 5.41) is 4.09. The van der Waals surface area contributed by atoms with Crippen LogP contribution >= 0.6 is 22.7 Å². The SMILES string of the molecule is COCCCN(CC(=O)N1CCc2sccc2C1c1ccccc1C)C(=O)Cc1cccs1. The van der Waals surface area contributed by atoms with Crippen LogP contribution in [0.2, 0.25) is 0 Å². The highest BCUT2D eigenvalue weighted by molar-refractivity contribution is 7.10. The van der Waals surface area contributed by atoms with Gasteiger partial charge in [0.25, 0.3) is 0 Å². The number of amides is 2. The molecule has 0 bridgehead atoms. The van der Waals surface area contributed by atoms with E-state index in [0.717, 1.165) is 16.9 Å². The molecule has 0 fully saturated rings. The van der Waals surface area contributed by atoms with E-state index in [9.17, 15) is 9.59 Å². The molecule has 2 amide bonds. The minimum absolute atomic E-state index is 0.00273. The third-order valence-corrected chi connectivity index (χ3v) is 8.00. The van der Waals surface area contributed by atoms with Crippen LogP contribution in [0.4, 0.5) is 0 Å². The first-order valence-corrected chi connectivity index (χ1v) is 13.0. The van der Waals surface area contributed by atoms with Gasteiger partial charge in [-0.05, 0) is 59.3 Å². The maximum atomic E-state index is 13.7. The standard InChI is InChI=1S/C26H30N2O3S2/c1-19-7-3-4-9-21(19)26-22-11-16-33-23(22)10-13-28(26)25(30)18-27(12-6-14-31-2)24(29)17-20-8-5-15-32-20/h3-5,7-9,11,15-16,26H,6,10,12-14,17-18H2,1-2H3. The number of carbonyl (C=O) groups excluding carboxylic acids is 2. The van der Waals surface area contributed by atoms with Gasteiger partial charge in [-0.3, -0.25) is 9.59 Å². The lowest BCUT2D eigenvalue weighted by molar-refractivity contribution is -0.141. The number of nitrogens with zero attached hydrogens (tertiary/aromatic N) is 2. The molecule has 1 aromatic carbocycles. The van der Waals surface area contributed by atoms with Crippen molar-refractivity contribution in [3.63, 3.8) is 0 Å². The number of carbonyl (C=O) groups is 2. The summed E-state index contributed by atoms with van der Waals surface area (Å²) in [5.74, 6) is -0.0142. The molecule has 1 atom stereocenters. The van der Waals surface area contributed by atoms with Crippen molar-refractivity contribution >= 4 is 34.5 Å². The Balaban J connectivity index is 1.56. The third kappa shape index (κ3) is 5.54. The fourth-order valence-electron chi connectivity index (χ4n) is 4.43. The van der Waals surface area contributed by atoms with Gasteiger partial charge in [0.2, 0.25) is 11.8 Å². The lowest BCUT2D eigenvalue weighted by atomic mass is 9.90. The molecule has 0 saturated heterocycles. The molecule has 0 radical (unpaired) electrons. The maximum absolute atomic E-state index is 13.7. The third-order valence-electron chi connectivity index (χ3n) is 6.13. The van der Waals surface area contributed by atoms with Gasteiger partial charge in [-0.1, -0.05) is 30.3 Å². The van der Waals surface area contributed by atoms with E-state index in [4.69, 9.17) is 4.74 Å². The lowest BCUT2D eigenvalue weighted by Gasteiger charge is -2.38. The second kappa shape index (κ2) is 11.1. The molecule has 1 unspecified atom stereocenters. The molecule has 0 spiro atoms. The van der Waals surface area contributed by atoms with Crippen LogP contribution < -0.4 is 0 Å². The molecule has 0 N–H and O–H groups in total. The van der Waals surface area contributed by atoms with Crippen LogP contribution in [-0.2, 0) is 27.2 Å². The Bertz CT molecular complexity index is 1080. The Morgan fingerprint density at radius 1 is 1.09 bits per heavy atom. The van der Waals surface area contributed by atoms with Gasteiger partial charge in [-0.25, -0.2) is 0 Å². The molecule has 7 heteroatoms. The van der Waals surface area contributed by atoms with Crippen LogP contribution in [0.15, 0.2) is 53.2 Å². The number of thiophene rings is 2. The van der Waals surface area contributed by atoms with Crippen molar-refractivity contribution in [2.45, 2.75) is 32.2 Å². The highest BCUT2D eigenvalue weighted by Gasteiger charge is 2.34. The average molecular weight is 483 g/mol. The average Bonchev–Trinajstić information content (AvgIpc) is 3.50. The van der Waals surface area contributed by atoms with E-state index in [-0.39, 0.29) is 24.4 Å². The van der Waals surface area contributed by atoms with Crippen LogP contribution in [0.25, 0.3) is 0 Å². The molecule has 0 saturated carbocycles. The van der Waals surface area contributed by atoms with Crippen molar-refractivity contribution in [2.24, 2.45) is 0 Å². The van der Waals surface area contributed by atoms with Crippen molar-refractivity contribution in [2.75, 3.05) is 33.4 Å². The number of rotatable bonds is 9. The highest BCUT2D eigenvalue weighted by atomic mass is 32.1. The number of methoxy groups -OCH3 is 1. The molecular weight excluding hydrogens is 452 g/mol. The monoisotopic (exact) mass is 482 g/mol. The van der Waals surface area contributed by atoms with Gasteiger partial charge in [0.15, 0.2) is 0 Å². The number of hydrogen-bond acceptors (Lipinski definition) is 5. The summed E-state index contributed by atoms with van der Waals surface area (Å²) in [4.78, 5) is 32.8. The predicted molar refractivity (Wildman–Crippen MR) is 134 cm³/mol. The molecule has 1 aliphatic rings. The summed E-state index contributed by atoms with van der Waals surface area (Å²) in [5.41, 5.74) is 3.54. The molecule has 33 heavy (non-hydrogen) atoms. The van der Waals surface area contributed by atoms with E-state index in [1.807, 2.05) is 34.5 Å². The first kappa shape index (κ1) is 23.7.